The van der Waals surface area contributed by atoms with Crippen molar-refractivity contribution in [3.8, 4) is 5.75 Å². The summed E-state index contributed by atoms with van der Waals surface area (Å²) in [5, 5.41) is 11.8. The number of ether oxygens (including phenoxy) is 1. The number of rotatable bonds is 5. The van der Waals surface area contributed by atoms with E-state index in [9.17, 15) is 4.79 Å². The molecule has 0 fully saturated rings. The van der Waals surface area contributed by atoms with Crippen LogP contribution < -0.4 is 10.1 Å². The molecular formula is C18H17N3O2S. The van der Waals surface area contributed by atoms with Crippen LogP contribution in [0.25, 0.3) is 0 Å². The fraction of sp³-hybridized carbons (Fsp3) is 0.167. The molecule has 0 bridgehead atoms. The SMILES string of the molecule is Cc1cccc(COc2cccc(C(=O)Nc3nnc(C)s3)c2)c1. The van der Waals surface area contributed by atoms with Crippen molar-refractivity contribution in [1.29, 1.82) is 0 Å². The van der Waals surface area contributed by atoms with Gasteiger partial charge in [0, 0.05) is 5.56 Å². The molecule has 1 heterocycles. The Morgan fingerprint density at radius 1 is 1.12 bits per heavy atom. The number of nitrogens with zero attached hydrogens (tertiary/aromatic N) is 2. The molecule has 0 unspecified atom stereocenters. The average molecular weight is 339 g/mol. The van der Waals surface area contributed by atoms with Crippen molar-refractivity contribution in [3.05, 3.63) is 70.2 Å². The van der Waals surface area contributed by atoms with Crippen molar-refractivity contribution in [2.75, 3.05) is 5.32 Å². The number of carbonyl (C=O) groups excluding carboxylic acids is 1. The number of amides is 1. The molecule has 5 nitrogen and oxygen atoms in total. The molecule has 24 heavy (non-hydrogen) atoms. The lowest BCUT2D eigenvalue weighted by atomic mass is 10.1. The summed E-state index contributed by atoms with van der Waals surface area (Å²) in [5.41, 5.74) is 2.80. The molecule has 0 aliphatic heterocycles. The van der Waals surface area contributed by atoms with E-state index >= 15 is 0 Å². The zero-order chi connectivity index (χ0) is 16.9. The fourth-order valence-corrected chi connectivity index (χ4v) is 2.80. The van der Waals surface area contributed by atoms with Crippen LogP contribution in [0.1, 0.15) is 26.5 Å². The molecule has 0 atom stereocenters. The molecule has 1 amide bonds. The highest BCUT2D eigenvalue weighted by Crippen LogP contribution is 2.18. The topological polar surface area (TPSA) is 64.1 Å². The van der Waals surface area contributed by atoms with E-state index in [1.54, 1.807) is 18.2 Å². The average Bonchev–Trinajstić information content (AvgIpc) is 2.98. The third-order valence-electron chi connectivity index (χ3n) is 3.33. The van der Waals surface area contributed by atoms with Crippen LogP contribution in [0.3, 0.4) is 0 Å². The maximum absolute atomic E-state index is 12.3. The Balaban J connectivity index is 1.66. The van der Waals surface area contributed by atoms with Gasteiger partial charge >= 0.3 is 0 Å². The second-order valence-corrected chi connectivity index (χ2v) is 6.57. The van der Waals surface area contributed by atoms with E-state index in [0.29, 0.717) is 23.1 Å². The molecule has 0 aliphatic carbocycles. The summed E-state index contributed by atoms with van der Waals surface area (Å²) >= 11 is 1.34. The van der Waals surface area contributed by atoms with E-state index in [4.69, 9.17) is 4.74 Å². The van der Waals surface area contributed by atoms with Crippen molar-refractivity contribution < 1.29 is 9.53 Å². The van der Waals surface area contributed by atoms with E-state index < -0.39 is 0 Å². The summed E-state index contributed by atoms with van der Waals surface area (Å²) in [6.07, 6.45) is 0. The quantitative estimate of drug-likeness (QED) is 0.763. The highest BCUT2D eigenvalue weighted by atomic mass is 32.1. The minimum Gasteiger partial charge on any atom is -0.489 e. The number of benzene rings is 2. The Bertz CT molecular complexity index is 861. The summed E-state index contributed by atoms with van der Waals surface area (Å²) < 4.78 is 5.79. The standard InChI is InChI=1S/C18H17N3O2S/c1-12-5-3-6-14(9-12)11-23-16-8-4-7-15(10-16)17(22)19-18-21-20-13(2)24-18/h3-10H,11H2,1-2H3,(H,19,21,22). The normalized spacial score (nSPS) is 10.4. The Kier molecular flexibility index (Phi) is 4.86. The van der Waals surface area contributed by atoms with Gasteiger partial charge in [-0.05, 0) is 37.6 Å². The summed E-state index contributed by atoms with van der Waals surface area (Å²) in [7, 11) is 0. The summed E-state index contributed by atoms with van der Waals surface area (Å²) in [6, 6.07) is 15.2. The molecule has 3 aromatic rings. The van der Waals surface area contributed by atoms with Crippen LogP contribution in [0, 0.1) is 13.8 Å². The van der Waals surface area contributed by atoms with Gasteiger partial charge in [-0.2, -0.15) is 0 Å². The van der Waals surface area contributed by atoms with Crippen molar-refractivity contribution in [2.24, 2.45) is 0 Å². The van der Waals surface area contributed by atoms with Gasteiger partial charge in [0.05, 0.1) is 0 Å². The first-order valence-corrected chi connectivity index (χ1v) is 8.32. The molecule has 0 aliphatic rings. The highest BCUT2D eigenvalue weighted by Gasteiger charge is 2.10. The Hall–Kier alpha value is -2.73. The van der Waals surface area contributed by atoms with Gasteiger partial charge in [0.1, 0.15) is 17.4 Å². The van der Waals surface area contributed by atoms with E-state index in [2.05, 4.69) is 21.6 Å². The second kappa shape index (κ2) is 7.23. The third kappa shape index (κ3) is 4.17. The second-order valence-electron chi connectivity index (χ2n) is 5.39. The molecule has 2 aromatic carbocycles. The van der Waals surface area contributed by atoms with Crippen LogP contribution >= 0.6 is 11.3 Å². The minimum atomic E-state index is -0.229. The molecule has 0 saturated heterocycles. The Labute approximate surface area is 144 Å². The first kappa shape index (κ1) is 16.1. The van der Waals surface area contributed by atoms with Crippen molar-refractivity contribution in [3.63, 3.8) is 0 Å². The molecule has 3 rings (SSSR count). The van der Waals surface area contributed by atoms with E-state index in [-0.39, 0.29) is 5.91 Å². The number of aromatic nitrogens is 2. The van der Waals surface area contributed by atoms with Crippen LogP contribution in [-0.4, -0.2) is 16.1 Å². The number of carbonyl (C=O) groups is 1. The van der Waals surface area contributed by atoms with Crippen molar-refractivity contribution >= 4 is 22.4 Å². The minimum absolute atomic E-state index is 0.229. The maximum atomic E-state index is 12.3. The monoisotopic (exact) mass is 339 g/mol. The van der Waals surface area contributed by atoms with Gasteiger partial charge in [0.25, 0.3) is 5.91 Å². The van der Waals surface area contributed by atoms with Crippen LogP contribution in [0.4, 0.5) is 5.13 Å². The fourth-order valence-electron chi connectivity index (χ4n) is 2.21. The van der Waals surface area contributed by atoms with Gasteiger partial charge in [-0.3, -0.25) is 10.1 Å². The largest absolute Gasteiger partial charge is 0.489 e. The number of anilines is 1. The van der Waals surface area contributed by atoms with Crippen molar-refractivity contribution in [2.45, 2.75) is 20.5 Å². The van der Waals surface area contributed by atoms with Crippen LogP contribution in [-0.2, 0) is 6.61 Å². The van der Waals surface area contributed by atoms with Gasteiger partial charge in [-0.15, -0.1) is 10.2 Å². The first-order valence-electron chi connectivity index (χ1n) is 7.50. The smallest absolute Gasteiger partial charge is 0.257 e. The predicted octanol–water partition coefficient (Wildman–Crippen LogP) is 3.99. The number of hydrogen-bond acceptors (Lipinski definition) is 5. The number of aryl methyl sites for hydroxylation is 2. The molecular weight excluding hydrogens is 322 g/mol. The number of hydrogen-bond donors (Lipinski definition) is 1. The highest BCUT2D eigenvalue weighted by molar-refractivity contribution is 7.15. The first-order chi connectivity index (χ1) is 11.6. The Morgan fingerprint density at radius 2 is 1.96 bits per heavy atom. The van der Waals surface area contributed by atoms with Gasteiger partial charge in [-0.25, -0.2) is 0 Å². The summed E-state index contributed by atoms with van der Waals surface area (Å²) in [4.78, 5) is 12.3. The lowest BCUT2D eigenvalue weighted by Crippen LogP contribution is -2.11. The lowest BCUT2D eigenvalue weighted by Gasteiger charge is -2.08. The van der Waals surface area contributed by atoms with Gasteiger partial charge in [0.15, 0.2) is 0 Å². The van der Waals surface area contributed by atoms with Crippen LogP contribution in [0.2, 0.25) is 0 Å². The zero-order valence-corrected chi connectivity index (χ0v) is 14.3. The van der Waals surface area contributed by atoms with Crippen LogP contribution in [0.5, 0.6) is 5.75 Å². The number of nitrogens with one attached hydrogen (secondary N) is 1. The molecule has 1 aromatic heterocycles. The molecule has 0 spiro atoms. The van der Waals surface area contributed by atoms with Crippen LogP contribution in [0.15, 0.2) is 48.5 Å². The molecule has 122 valence electrons. The van der Waals surface area contributed by atoms with E-state index in [1.807, 2.05) is 38.1 Å². The van der Waals surface area contributed by atoms with E-state index in [0.717, 1.165) is 10.6 Å². The summed E-state index contributed by atoms with van der Waals surface area (Å²) in [6.45, 7) is 4.35. The van der Waals surface area contributed by atoms with E-state index in [1.165, 1.54) is 16.9 Å². The van der Waals surface area contributed by atoms with Gasteiger partial charge < -0.3 is 4.74 Å². The van der Waals surface area contributed by atoms with Gasteiger partial charge in [0.2, 0.25) is 5.13 Å². The Morgan fingerprint density at radius 3 is 2.71 bits per heavy atom. The van der Waals surface area contributed by atoms with Crippen molar-refractivity contribution in [1.82, 2.24) is 10.2 Å². The maximum Gasteiger partial charge on any atom is 0.257 e. The molecule has 6 heteroatoms. The lowest BCUT2D eigenvalue weighted by molar-refractivity contribution is 0.102. The third-order valence-corrected chi connectivity index (χ3v) is 4.08. The zero-order valence-electron chi connectivity index (χ0n) is 13.4. The molecule has 1 N–H and O–H groups in total. The van der Waals surface area contributed by atoms with Gasteiger partial charge in [-0.1, -0.05) is 47.2 Å². The molecule has 0 saturated carbocycles. The summed E-state index contributed by atoms with van der Waals surface area (Å²) in [5.74, 6) is 0.421. The molecule has 0 radical (unpaired) electrons. The predicted molar refractivity (Wildman–Crippen MR) is 94.6 cm³/mol.